The van der Waals surface area contributed by atoms with Crippen LogP contribution in [0, 0.1) is 0 Å². The minimum Gasteiger partial charge on any atom is -0.262 e. The largest absolute Gasteiger partial charge is 0.262 e. The Kier molecular flexibility index (Phi) is 3.91. The van der Waals surface area contributed by atoms with Crippen LogP contribution in [0.4, 0.5) is 0 Å². The first-order chi connectivity index (χ1) is 8.99. The van der Waals surface area contributed by atoms with Gasteiger partial charge in [0.1, 0.15) is 0 Å². The van der Waals surface area contributed by atoms with Gasteiger partial charge in [-0.2, -0.15) is 0 Å². The van der Waals surface area contributed by atoms with Crippen molar-refractivity contribution in [2.24, 2.45) is 0 Å². The topological polar surface area (TPSA) is 89.8 Å². The second-order valence-corrected chi connectivity index (χ2v) is 6.60. The SMILES string of the molecule is CC(C)S(=O)(=O)NCc1cn(-c2cccnc2)nn1. The molecule has 0 saturated carbocycles. The number of hydrogen-bond acceptors (Lipinski definition) is 5. The highest BCUT2D eigenvalue weighted by Crippen LogP contribution is 2.05. The molecule has 0 radical (unpaired) electrons. The van der Waals surface area contributed by atoms with Crippen molar-refractivity contribution < 1.29 is 8.42 Å². The molecule has 0 saturated heterocycles. The maximum absolute atomic E-state index is 11.6. The zero-order chi connectivity index (χ0) is 13.9. The maximum atomic E-state index is 11.6. The van der Waals surface area contributed by atoms with E-state index in [1.54, 1.807) is 43.2 Å². The molecule has 0 aliphatic carbocycles. The Bertz CT molecular complexity index is 636. The Balaban J connectivity index is 2.07. The normalized spacial score (nSPS) is 11.9. The summed E-state index contributed by atoms with van der Waals surface area (Å²) < 4.78 is 27.2. The first-order valence-corrected chi connectivity index (χ1v) is 7.34. The van der Waals surface area contributed by atoms with Gasteiger partial charge in [-0.15, -0.1) is 5.10 Å². The summed E-state index contributed by atoms with van der Waals surface area (Å²) in [6.45, 7) is 3.37. The fourth-order valence-electron chi connectivity index (χ4n) is 1.34. The standard InChI is InChI=1S/C11H15N5O2S/c1-9(2)19(17,18)13-6-10-8-16(15-14-10)11-4-3-5-12-7-11/h3-5,7-9,13H,6H2,1-2H3. The van der Waals surface area contributed by atoms with Gasteiger partial charge in [0.2, 0.25) is 10.0 Å². The maximum Gasteiger partial charge on any atom is 0.214 e. The highest BCUT2D eigenvalue weighted by Gasteiger charge is 2.15. The van der Waals surface area contributed by atoms with Gasteiger partial charge in [0, 0.05) is 6.20 Å². The van der Waals surface area contributed by atoms with E-state index in [2.05, 4.69) is 20.0 Å². The van der Waals surface area contributed by atoms with E-state index >= 15 is 0 Å². The van der Waals surface area contributed by atoms with Gasteiger partial charge in [0.25, 0.3) is 0 Å². The summed E-state index contributed by atoms with van der Waals surface area (Å²) >= 11 is 0. The van der Waals surface area contributed by atoms with Crippen LogP contribution in [-0.4, -0.2) is 33.6 Å². The minimum absolute atomic E-state index is 0.126. The second kappa shape index (κ2) is 5.45. The lowest BCUT2D eigenvalue weighted by atomic mass is 10.4. The van der Waals surface area contributed by atoms with Crippen molar-refractivity contribution in [3.63, 3.8) is 0 Å². The predicted molar refractivity (Wildman–Crippen MR) is 70.0 cm³/mol. The van der Waals surface area contributed by atoms with Crippen LogP contribution in [0.3, 0.4) is 0 Å². The van der Waals surface area contributed by atoms with E-state index in [4.69, 9.17) is 0 Å². The Morgan fingerprint density at radius 1 is 1.42 bits per heavy atom. The summed E-state index contributed by atoms with van der Waals surface area (Å²) in [4.78, 5) is 3.98. The van der Waals surface area contributed by atoms with Crippen LogP contribution >= 0.6 is 0 Å². The van der Waals surface area contributed by atoms with E-state index in [0.29, 0.717) is 5.69 Å². The third kappa shape index (κ3) is 3.36. The number of pyridine rings is 1. The molecule has 1 N–H and O–H groups in total. The van der Waals surface area contributed by atoms with Gasteiger partial charge in [-0.25, -0.2) is 17.8 Å². The average molecular weight is 281 g/mol. The van der Waals surface area contributed by atoms with Crippen LogP contribution in [-0.2, 0) is 16.6 Å². The molecular weight excluding hydrogens is 266 g/mol. The van der Waals surface area contributed by atoms with Crippen molar-refractivity contribution in [2.45, 2.75) is 25.6 Å². The number of sulfonamides is 1. The molecule has 0 unspecified atom stereocenters. The average Bonchev–Trinajstić information content (AvgIpc) is 2.86. The Morgan fingerprint density at radius 3 is 2.84 bits per heavy atom. The third-order valence-electron chi connectivity index (χ3n) is 2.53. The van der Waals surface area contributed by atoms with Gasteiger partial charge in [-0.05, 0) is 26.0 Å². The summed E-state index contributed by atoms with van der Waals surface area (Å²) in [6.07, 6.45) is 4.98. The monoisotopic (exact) mass is 281 g/mol. The number of nitrogens with zero attached hydrogens (tertiary/aromatic N) is 4. The molecule has 2 heterocycles. The van der Waals surface area contributed by atoms with Gasteiger partial charge in [0.05, 0.1) is 35.6 Å². The molecule has 2 rings (SSSR count). The van der Waals surface area contributed by atoms with Gasteiger partial charge in [-0.3, -0.25) is 4.98 Å². The molecule has 0 fully saturated rings. The van der Waals surface area contributed by atoms with Crippen LogP contribution in [0.2, 0.25) is 0 Å². The number of aromatic nitrogens is 4. The molecule has 19 heavy (non-hydrogen) atoms. The highest BCUT2D eigenvalue weighted by molar-refractivity contribution is 7.90. The van der Waals surface area contributed by atoms with Crippen molar-refractivity contribution in [1.82, 2.24) is 24.7 Å². The van der Waals surface area contributed by atoms with Gasteiger partial charge in [0.15, 0.2) is 0 Å². The fourth-order valence-corrected chi connectivity index (χ4v) is 2.02. The smallest absolute Gasteiger partial charge is 0.214 e. The molecule has 0 spiro atoms. The van der Waals surface area contributed by atoms with E-state index < -0.39 is 15.3 Å². The Hall–Kier alpha value is -1.80. The Labute approximate surface area is 111 Å². The first kappa shape index (κ1) is 13.6. The molecule has 8 heteroatoms. The van der Waals surface area contributed by atoms with Gasteiger partial charge < -0.3 is 0 Å². The molecule has 0 aliphatic rings. The van der Waals surface area contributed by atoms with Crippen molar-refractivity contribution in [2.75, 3.05) is 0 Å². The number of rotatable bonds is 5. The minimum atomic E-state index is -3.29. The summed E-state index contributed by atoms with van der Waals surface area (Å²) in [5, 5.41) is 7.37. The molecule has 0 aromatic carbocycles. The van der Waals surface area contributed by atoms with E-state index in [1.807, 2.05) is 6.07 Å². The number of nitrogens with one attached hydrogen (secondary N) is 1. The molecule has 0 atom stereocenters. The predicted octanol–water partition coefficient (Wildman–Crippen LogP) is 0.490. The van der Waals surface area contributed by atoms with Crippen molar-refractivity contribution in [3.8, 4) is 5.69 Å². The summed E-state index contributed by atoms with van der Waals surface area (Å²) in [5.74, 6) is 0. The zero-order valence-electron chi connectivity index (χ0n) is 10.7. The highest BCUT2D eigenvalue weighted by atomic mass is 32.2. The van der Waals surface area contributed by atoms with E-state index in [9.17, 15) is 8.42 Å². The molecule has 0 aliphatic heterocycles. The third-order valence-corrected chi connectivity index (χ3v) is 4.31. The number of hydrogen-bond donors (Lipinski definition) is 1. The van der Waals surface area contributed by atoms with Crippen LogP contribution in [0.1, 0.15) is 19.5 Å². The second-order valence-electron chi connectivity index (χ2n) is 4.28. The summed E-state index contributed by atoms with van der Waals surface area (Å²) in [7, 11) is -3.29. The van der Waals surface area contributed by atoms with E-state index in [0.717, 1.165) is 5.69 Å². The van der Waals surface area contributed by atoms with Crippen molar-refractivity contribution in [1.29, 1.82) is 0 Å². The van der Waals surface area contributed by atoms with Crippen LogP contribution in [0.25, 0.3) is 5.69 Å². The quantitative estimate of drug-likeness (QED) is 0.861. The Morgan fingerprint density at radius 2 is 2.21 bits per heavy atom. The molecule has 7 nitrogen and oxygen atoms in total. The molecule has 102 valence electrons. The molecular formula is C11H15N5O2S. The molecule has 2 aromatic rings. The fraction of sp³-hybridized carbons (Fsp3) is 0.364. The lowest BCUT2D eigenvalue weighted by Gasteiger charge is -2.07. The van der Waals surface area contributed by atoms with Crippen LogP contribution in [0.5, 0.6) is 0 Å². The van der Waals surface area contributed by atoms with E-state index in [-0.39, 0.29) is 6.54 Å². The first-order valence-electron chi connectivity index (χ1n) is 5.79. The van der Waals surface area contributed by atoms with Crippen molar-refractivity contribution in [3.05, 3.63) is 36.4 Å². The summed E-state index contributed by atoms with van der Waals surface area (Å²) in [6, 6.07) is 3.63. The lowest BCUT2D eigenvalue weighted by Crippen LogP contribution is -2.30. The van der Waals surface area contributed by atoms with E-state index in [1.165, 1.54) is 0 Å². The zero-order valence-corrected chi connectivity index (χ0v) is 11.5. The molecule has 2 aromatic heterocycles. The van der Waals surface area contributed by atoms with Gasteiger partial charge >= 0.3 is 0 Å². The van der Waals surface area contributed by atoms with Crippen LogP contribution < -0.4 is 4.72 Å². The summed E-state index contributed by atoms with van der Waals surface area (Å²) in [5.41, 5.74) is 1.32. The van der Waals surface area contributed by atoms with Crippen LogP contribution in [0.15, 0.2) is 30.7 Å². The van der Waals surface area contributed by atoms with Gasteiger partial charge in [-0.1, -0.05) is 5.21 Å². The van der Waals surface area contributed by atoms with Crippen molar-refractivity contribution >= 4 is 10.0 Å². The molecule has 0 bridgehead atoms. The molecule has 0 amide bonds. The lowest BCUT2D eigenvalue weighted by molar-refractivity contribution is 0.571.